The minimum absolute atomic E-state index is 0.00805. The molecule has 3 aromatic carbocycles. The zero-order chi connectivity index (χ0) is 31.5. The molecule has 5 N–H and O–H groups in total. The fraction of sp³-hybridized carbons (Fsp3) is 0.0769. The first kappa shape index (κ1) is 31.0. The van der Waals surface area contributed by atoms with Crippen molar-refractivity contribution in [2.45, 2.75) is 23.1 Å². The van der Waals surface area contributed by atoms with Crippen LogP contribution >= 0.6 is 0 Å². The molecule has 1 aliphatic rings. The van der Waals surface area contributed by atoms with E-state index in [0.717, 1.165) is 36.4 Å². The zero-order valence-electron chi connectivity index (χ0n) is 21.9. The van der Waals surface area contributed by atoms with Crippen LogP contribution in [-0.4, -0.2) is 45.3 Å². The summed E-state index contributed by atoms with van der Waals surface area (Å²) in [7, 11) is -8.96. The molecule has 0 radical (unpaired) electrons. The van der Waals surface area contributed by atoms with E-state index in [2.05, 4.69) is 19.9 Å². The van der Waals surface area contributed by atoms with Crippen molar-refractivity contribution < 1.29 is 41.7 Å². The highest BCUT2D eigenvalue weighted by Gasteiger charge is 2.31. The molecular weight excluding hydrogens is 604 g/mol. The maximum atomic E-state index is 13.3. The number of hydrogen-bond donors (Lipinski definition) is 5. The summed E-state index contributed by atoms with van der Waals surface area (Å²) in [6, 6.07) is 13.6. The van der Waals surface area contributed by atoms with Gasteiger partial charge in [-0.15, -0.1) is 15.5 Å². The minimum atomic E-state index is -4.49. The average Bonchev–Trinajstić information content (AvgIpc) is 2.97. The van der Waals surface area contributed by atoms with Crippen molar-refractivity contribution >= 4 is 60.7 Å². The van der Waals surface area contributed by atoms with Crippen LogP contribution in [0.25, 0.3) is 5.70 Å². The Morgan fingerprint density at radius 2 is 1.79 bits per heavy atom. The van der Waals surface area contributed by atoms with Crippen LogP contribution in [0.2, 0.25) is 0 Å². The molecule has 0 heterocycles. The van der Waals surface area contributed by atoms with Crippen LogP contribution in [0.5, 0.6) is 0 Å². The molecule has 0 saturated carbocycles. The predicted molar refractivity (Wildman–Crippen MR) is 152 cm³/mol. The summed E-state index contributed by atoms with van der Waals surface area (Å²) in [5.41, 5.74) is -1.02. The lowest BCUT2D eigenvalue weighted by molar-refractivity contribution is -0.117. The first-order chi connectivity index (χ1) is 20.2. The van der Waals surface area contributed by atoms with Gasteiger partial charge in [0.15, 0.2) is 0 Å². The number of carbonyl (C=O) groups is 2. The van der Waals surface area contributed by atoms with Crippen LogP contribution in [0.3, 0.4) is 0 Å². The van der Waals surface area contributed by atoms with Gasteiger partial charge in [0.05, 0.1) is 27.5 Å². The number of fused-ring (bicyclic) bond motifs is 1. The second-order valence-electron chi connectivity index (χ2n) is 8.71. The molecule has 0 spiro atoms. The molecule has 0 saturated heterocycles. The normalized spacial score (nSPS) is 14.3. The topological polar surface area (TPSA) is 242 Å². The Morgan fingerprint density at radius 3 is 2.44 bits per heavy atom. The summed E-state index contributed by atoms with van der Waals surface area (Å²) in [4.78, 5) is 28.1. The van der Waals surface area contributed by atoms with E-state index >= 15 is 0 Å². The summed E-state index contributed by atoms with van der Waals surface area (Å²) >= 11 is 0. The van der Waals surface area contributed by atoms with Crippen LogP contribution < -0.4 is 9.95 Å². The van der Waals surface area contributed by atoms with Gasteiger partial charge in [-0.05, 0) is 46.7 Å². The lowest BCUT2D eigenvalue weighted by Gasteiger charge is -2.19. The van der Waals surface area contributed by atoms with Gasteiger partial charge in [-0.25, -0.2) is 13.4 Å². The van der Waals surface area contributed by atoms with Gasteiger partial charge in [-0.3, -0.25) is 24.7 Å². The lowest BCUT2D eigenvalue weighted by atomic mass is 9.91. The van der Waals surface area contributed by atoms with Gasteiger partial charge in [0, 0.05) is 23.6 Å². The van der Waals surface area contributed by atoms with Crippen LogP contribution in [-0.2, 0) is 29.5 Å². The van der Waals surface area contributed by atoms with E-state index in [9.17, 15) is 47.0 Å². The second-order valence-corrected chi connectivity index (χ2v) is 11.9. The fourth-order valence-electron chi connectivity index (χ4n) is 3.83. The van der Waals surface area contributed by atoms with Crippen LogP contribution in [0, 0.1) is 11.3 Å². The van der Waals surface area contributed by atoms with E-state index in [4.69, 9.17) is 0 Å². The van der Waals surface area contributed by atoms with E-state index in [-0.39, 0.29) is 56.8 Å². The molecule has 15 nitrogen and oxygen atoms in total. The number of ketones is 1. The Hall–Kier alpha value is -4.96. The maximum absolute atomic E-state index is 13.3. The van der Waals surface area contributed by atoms with Crippen LogP contribution in [0.1, 0.15) is 34.8 Å². The van der Waals surface area contributed by atoms with Gasteiger partial charge in [0.2, 0.25) is 16.6 Å². The second kappa shape index (κ2) is 12.1. The molecule has 0 atom stereocenters. The molecule has 0 unspecified atom stereocenters. The van der Waals surface area contributed by atoms with E-state index in [0.29, 0.717) is 0 Å². The van der Waals surface area contributed by atoms with Gasteiger partial charge in [0.1, 0.15) is 17.5 Å². The molecule has 4 rings (SSSR count). The summed E-state index contributed by atoms with van der Waals surface area (Å²) in [6.45, 7) is 1.54. The third-order valence-corrected chi connectivity index (χ3v) is 8.11. The number of azo groups is 1. The highest BCUT2D eigenvalue weighted by atomic mass is 32.3. The number of amides is 1. The fourth-order valence-corrected chi connectivity index (χ4v) is 5.55. The molecule has 220 valence electrons. The number of rotatable bonds is 8. The number of nitriles is 1. The number of benzene rings is 3. The monoisotopic (exact) mass is 625 g/mol. The molecule has 17 heteroatoms. The maximum Gasteiger partial charge on any atom is 0.386 e. The Kier molecular flexibility index (Phi) is 8.72. The smallest absolute Gasteiger partial charge is 0.287 e. The third-order valence-electron chi connectivity index (χ3n) is 5.88. The molecule has 0 aliphatic heterocycles. The number of carbonyl (C=O) groups excluding carboxylic acids is 2. The number of aliphatic imine (C=N–C) groups is 1. The largest absolute Gasteiger partial charge is 0.386 e. The van der Waals surface area contributed by atoms with Crippen molar-refractivity contribution in [1.82, 2.24) is 0 Å². The standard InChI is InChI=1S/C26H20N6O9S2/c1-2-24(33)28-23-13-22(30-29-20-10-9-16(32(35)36)11-15(20)14-27)25-19(26(23)34)7-4-8-21(25)31-42(37,38)17-5-3-6-18(12-17)43(39,40)41/h3-13,35-36H,2H2,1H3,(H2-,28,31,33,39,40,41)/p+1. The summed E-state index contributed by atoms with van der Waals surface area (Å²) in [6.07, 6.45) is 1.11. The summed E-state index contributed by atoms with van der Waals surface area (Å²) < 4.78 is 59.4. The number of allylic oxidation sites excluding steroid dienone is 1. The van der Waals surface area contributed by atoms with E-state index in [1.165, 1.54) is 30.3 Å². The average molecular weight is 626 g/mol. The molecule has 3 aromatic rings. The van der Waals surface area contributed by atoms with Gasteiger partial charge in [0.25, 0.3) is 10.0 Å². The quantitative estimate of drug-likeness (QED) is 0.133. The number of Topliss-reactive ketones (excluding diaryl/α,β-unsaturated/α-hetero) is 1. The molecule has 0 aromatic heterocycles. The number of sulfonamides is 1. The van der Waals surface area contributed by atoms with Crippen LogP contribution in [0.15, 0.2) is 91.8 Å². The molecule has 1 aliphatic carbocycles. The van der Waals surface area contributed by atoms with E-state index < -0.39 is 42.0 Å². The highest BCUT2D eigenvalue weighted by Crippen LogP contribution is 2.36. The van der Waals surface area contributed by atoms with Gasteiger partial charge >= 0.3 is 10.5 Å². The van der Waals surface area contributed by atoms with E-state index in [1.54, 1.807) is 6.92 Å². The third kappa shape index (κ3) is 6.76. The molecule has 0 fully saturated rings. The SMILES string of the molecule is CCC(=O)N=C1C=C(N=Nc2ccc(N(O)O)cc2C#N)c2c(NS(=O)(=O)c3cccc([S+](=O)(O)O)c3)cccc2C1=O. The van der Waals surface area contributed by atoms with Gasteiger partial charge < -0.3 is 0 Å². The van der Waals surface area contributed by atoms with Gasteiger partial charge in [-0.2, -0.15) is 14.4 Å². The summed E-state index contributed by atoms with van der Waals surface area (Å²) in [5.74, 6) is -1.33. The van der Waals surface area contributed by atoms with Crippen molar-refractivity contribution in [2.24, 2.45) is 15.2 Å². The predicted octanol–water partition coefficient (Wildman–Crippen LogP) is 4.45. The van der Waals surface area contributed by atoms with Crippen LogP contribution in [0.4, 0.5) is 17.1 Å². The molecule has 1 amide bonds. The first-order valence-electron chi connectivity index (χ1n) is 12.0. The molecule has 0 bridgehead atoms. The number of nitrogens with zero attached hydrogens (tertiary/aromatic N) is 5. The Labute approximate surface area is 245 Å². The summed E-state index contributed by atoms with van der Waals surface area (Å²) in [5, 5.41) is 35.9. The number of anilines is 2. The van der Waals surface area contributed by atoms with Crippen molar-refractivity contribution in [3.8, 4) is 6.07 Å². The lowest BCUT2D eigenvalue weighted by Crippen LogP contribution is -2.22. The number of hydrogen-bond acceptors (Lipinski definition) is 11. The zero-order valence-corrected chi connectivity index (χ0v) is 23.6. The minimum Gasteiger partial charge on any atom is -0.287 e. The van der Waals surface area contributed by atoms with Crippen molar-refractivity contribution in [3.63, 3.8) is 0 Å². The van der Waals surface area contributed by atoms with Crippen molar-refractivity contribution in [2.75, 3.05) is 9.95 Å². The van der Waals surface area contributed by atoms with Crippen molar-refractivity contribution in [1.29, 1.82) is 5.26 Å². The molecule has 43 heavy (non-hydrogen) atoms. The van der Waals surface area contributed by atoms with Gasteiger partial charge in [-0.1, -0.05) is 25.1 Å². The first-order valence-corrected chi connectivity index (χ1v) is 15.0. The Morgan fingerprint density at radius 1 is 1.07 bits per heavy atom. The highest BCUT2D eigenvalue weighted by molar-refractivity contribution is 7.93. The Bertz CT molecular complexity index is 1940. The number of nitrogens with one attached hydrogen (secondary N) is 1. The Balaban J connectivity index is 1.86. The van der Waals surface area contributed by atoms with Crippen molar-refractivity contribution in [3.05, 3.63) is 83.4 Å². The molecular formula is C26H21N6O9S2+. The van der Waals surface area contributed by atoms with E-state index in [1.807, 2.05) is 6.07 Å².